The predicted octanol–water partition coefficient (Wildman–Crippen LogP) is 6.21. The van der Waals surface area contributed by atoms with Crippen molar-refractivity contribution < 1.29 is 14.7 Å². The molecular weight excluding hydrogens is 464 g/mol. The number of hydrogen-bond donors (Lipinski definition) is 3. The van der Waals surface area contributed by atoms with E-state index in [2.05, 4.69) is 41.8 Å². The van der Waals surface area contributed by atoms with E-state index in [0.717, 1.165) is 55.6 Å². The summed E-state index contributed by atoms with van der Waals surface area (Å²) in [6.45, 7) is 2.07. The van der Waals surface area contributed by atoms with Gasteiger partial charge >= 0.3 is 5.97 Å². The number of nitrogens with zero attached hydrogens (tertiary/aromatic N) is 2. The molecule has 1 aromatic carbocycles. The van der Waals surface area contributed by atoms with Gasteiger partial charge in [0.05, 0.1) is 6.42 Å². The van der Waals surface area contributed by atoms with E-state index in [1.165, 1.54) is 31.2 Å². The van der Waals surface area contributed by atoms with Crippen molar-refractivity contribution in [3.63, 3.8) is 0 Å². The van der Waals surface area contributed by atoms with Crippen LogP contribution in [-0.2, 0) is 4.79 Å². The number of carbonyl (C=O) groups is 2. The molecule has 2 aliphatic carbocycles. The lowest BCUT2D eigenvalue weighted by Crippen LogP contribution is -2.42. The Morgan fingerprint density at radius 1 is 1.00 bits per heavy atom. The summed E-state index contributed by atoms with van der Waals surface area (Å²) >= 11 is 0. The number of anilines is 1. The second-order valence-electron chi connectivity index (χ2n) is 10.9. The zero-order chi connectivity index (χ0) is 25.8. The maximum Gasteiger partial charge on any atom is 0.305 e. The van der Waals surface area contributed by atoms with Crippen LogP contribution in [0.2, 0.25) is 0 Å². The minimum Gasteiger partial charge on any atom is -0.481 e. The third kappa shape index (κ3) is 5.97. The smallest absolute Gasteiger partial charge is 0.305 e. The molecule has 0 bridgehead atoms. The van der Waals surface area contributed by atoms with Crippen LogP contribution in [0.3, 0.4) is 0 Å². The minimum absolute atomic E-state index is 0.0466. The fourth-order valence-electron chi connectivity index (χ4n) is 5.99. The first-order valence-electron chi connectivity index (χ1n) is 13.9. The highest BCUT2D eigenvalue weighted by Gasteiger charge is 2.28. The standard InChI is InChI=1S/C30H38N4O3/c1-20-12-14-22(15-13-20)28-29(31-24-10-6-3-7-11-24)34-17-16-23(18-26(34)33-28)30(37)32-25(19-27(35)36)21-8-4-2-5-9-21/h12-18,21,24-25,31H,2-11,19H2,1H3,(H,32,37)(H,35,36). The van der Waals surface area contributed by atoms with E-state index in [0.29, 0.717) is 17.3 Å². The number of pyridine rings is 1. The average molecular weight is 503 g/mol. The summed E-state index contributed by atoms with van der Waals surface area (Å²) in [6, 6.07) is 12.1. The number of carboxylic acids is 1. The van der Waals surface area contributed by atoms with Gasteiger partial charge in [-0.05, 0) is 50.7 Å². The quantitative estimate of drug-likeness (QED) is 0.340. The monoisotopic (exact) mass is 502 g/mol. The molecule has 0 spiro atoms. The molecular formula is C30H38N4O3. The number of amides is 1. The second kappa shape index (κ2) is 11.4. The van der Waals surface area contributed by atoms with E-state index in [-0.39, 0.29) is 24.3 Å². The van der Waals surface area contributed by atoms with Crippen molar-refractivity contribution in [2.45, 2.75) is 89.6 Å². The second-order valence-corrected chi connectivity index (χ2v) is 10.9. The number of aromatic nitrogens is 2. The fourth-order valence-corrected chi connectivity index (χ4v) is 5.99. The van der Waals surface area contributed by atoms with E-state index in [4.69, 9.17) is 4.98 Å². The minimum atomic E-state index is -0.874. The Kier molecular flexibility index (Phi) is 7.77. The van der Waals surface area contributed by atoms with Crippen LogP contribution in [0.1, 0.15) is 86.6 Å². The topological polar surface area (TPSA) is 95.7 Å². The molecule has 2 heterocycles. The molecule has 1 amide bonds. The number of benzene rings is 1. The fraction of sp³-hybridized carbons (Fsp3) is 0.500. The molecule has 0 aliphatic heterocycles. The van der Waals surface area contributed by atoms with Crippen molar-refractivity contribution in [3.05, 3.63) is 53.7 Å². The van der Waals surface area contributed by atoms with E-state index in [1.54, 1.807) is 0 Å². The van der Waals surface area contributed by atoms with Gasteiger partial charge in [-0.1, -0.05) is 68.4 Å². The Bertz CT molecular complexity index is 1240. The first kappa shape index (κ1) is 25.3. The normalized spacial score (nSPS) is 18.0. The van der Waals surface area contributed by atoms with Crippen molar-refractivity contribution >= 4 is 23.3 Å². The number of imidazole rings is 1. The van der Waals surface area contributed by atoms with E-state index in [9.17, 15) is 14.7 Å². The third-order valence-corrected chi connectivity index (χ3v) is 8.09. The van der Waals surface area contributed by atoms with Gasteiger partial charge in [0.1, 0.15) is 17.2 Å². The Morgan fingerprint density at radius 2 is 1.68 bits per heavy atom. The molecule has 37 heavy (non-hydrogen) atoms. The molecule has 5 rings (SSSR count). The summed E-state index contributed by atoms with van der Waals surface area (Å²) in [7, 11) is 0. The zero-order valence-corrected chi connectivity index (χ0v) is 21.7. The summed E-state index contributed by atoms with van der Waals surface area (Å²) in [5.74, 6) is 0.0637. The number of aliphatic carboxylic acids is 1. The van der Waals surface area contributed by atoms with Crippen LogP contribution in [0.4, 0.5) is 5.82 Å². The van der Waals surface area contributed by atoms with Gasteiger partial charge < -0.3 is 15.7 Å². The molecule has 196 valence electrons. The Labute approximate surface area is 218 Å². The number of nitrogens with one attached hydrogen (secondary N) is 2. The zero-order valence-electron chi connectivity index (χ0n) is 21.7. The number of carboxylic acid groups (broad SMARTS) is 1. The van der Waals surface area contributed by atoms with Gasteiger partial charge in [0.15, 0.2) is 0 Å². The summed E-state index contributed by atoms with van der Waals surface area (Å²) < 4.78 is 2.04. The summed E-state index contributed by atoms with van der Waals surface area (Å²) in [5.41, 5.74) is 4.33. The molecule has 2 aromatic heterocycles. The van der Waals surface area contributed by atoms with Crippen LogP contribution in [0.15, 0.2) is 42.6 Å². The Balaban J connectivity index is 1.44. The first-order valence-corrected chi connectivity index (χ1v) is 13.9. The third-order valence-electron chi connectivity index (χ3n) is 8.09. The van der Waals surface area contributed by atoms with E-state index in [1.807, 2.05) is 22.7 Å². The molecule has 1 atom stereocenters. The molecule has 3 N–H and O–H groups in total. The number of hydrogen-bond acceptors (Lipinski definition) is 4. The van der Waals surface area contributed by atoms with Crippen LogP contribution in [0, 0.1) is 12.8 Å². The molecule has 2 saturated carbocycles. The van der Waals surface area contributed by atoms with Crippen LogP contribution >= 0.6 is 0 Å². The van der Waals surface area contributed by atoms with E-state index >= 15 is 0 Å². The number of aryl methyl sites for hydroxylation is 1. The van der Waals surface area contributed by atoms with Crippen molar-refractivity contribution in [3.8, 4) is 11.3 Å². The van der Waals surface area contributed by atoms with Crippen molar-refractivity contribution in [2.75, 3.05) is 5.32 Å². The number of rotatable bonds is 8. The molecule has 1 unspecified atom stereocenters. The maximum atomic E-state index is 13.3. The first-order chi connectivity index (χ1) is 18.0. The van der Waals surface area contributed by atoms with Gasteiger partial charge in [0, 0.05) is 29.4 Å². The lowest BCUT2D eigenvalue weighted by molar-refractivity contribution is -0.137. The maximum absolute atomic E-state index is 13.3. The van der Waals surface area contributed by atoms with Crippen molar-refractivity contribution in [1.82, 2.24) is 14.7 Å². The van der Waals surface area contributed by atoms with Gasteiger partial charge in [-0.2, -0.15) is 0 Å². The highest BCUT2D eigenvalue weighted by atomic mass is 16.4. The SMILES string of the molecule is Cc1ccc(-c2nc3cc(C(=O)NC(CC(=O)O)C4CCCCC4)ccn3c2NC2CCCCC2)cc1. The van der Waals surface area contributed by atoms with Crippen LogP contribution in [0.25, 0.3) is 16.9 Å². The summed E-state index contributed by atoms with van der Waals surface area (Å²) in [5, 5.41) is 16.3. The molecule has 0 saturated heterocycles. The van der Waals surface area contributed by atoms with Crippen molar-refractivity contribution in [1.29, 1.82) is 0 Å². The summed E-state index contributed by atoms with van der Waals surface area (Å²) in [4.78, 5) is 29.8. The van der Waals surface area contributed by atoms with Crippen LogP contribution in [-0.4, -0.2) is 38.5 Å². The molecule has 2 aliphatic rings. The van der Waals surface area contributed by atoms with Gasteiger partial charge in [-0.25, -0.2) is 4.98 Å². The Hall–Kier alpha value is -3.35. The average Bonchev–Trinajstić information content (AvgIpc) is 3.27. The highest BCUT2D eigenvalue weighted by molar-refractivity contribution is 5.96. The molecule has 7 nitrogen and oxygen atoms in total. The molecule has 2 fully saturated rings. The van der Waals surface area contributed by atoms with Gasteiger partial charge in [0.2, 0.25) is 0 Å². The van der Waals surface area contributed by atoms with Crippen LogP contribution < -0.4 is 10.6 Å². The lowest BCUT2D eigenvalue weighted by Gasteiger charge is -2.30. The predicted molar refractivity (Wildman–Crippen MR) is 146 cm³/mol. The van der Waals surface area contributed by atoms with Crippen LogP contribution in [0.5, 0.6) is 0 Å². The van der Waals surface area contributed by atoms with Gasteiger partial charge in [-0.3, -0.25) is 14.0 Å². The largest absolute Gasteiger partial charge is 0.481 e. The number of carbonyl (C=O) groups excluding carboxylic acids is 1. The van der Waals surface area contributed by atoms with Gasteiger partial charge in [0.25, 0.3) is 5.91 Å². The van der Waals surface area contributed by atoms with Crippen molar-refractivity contribution in [2.24, 2.45) is 5.92 Å². The highest BCUT2D eigenvalue weighted by Crippen LogP contribution is 2.32. The molecule has 7 heteroatoms. The lowest BCUT2D eigenvalue weighted by atomic mass is 9.82. The molecule has 3 aromatic rings. The van der Waals surface area contributed by atoms with E-state index < -0.39 is 5.97 Å². The molecule has 0 radical (unpaired) electrons. The summed E-state index contributed by atoms with van der Waals surface area (Å²) in [6.07, 6.45) is 13.2. The van der Waals surface area contributed by atoms with Gasteiger partial charge in [-0.15, -0.1) is 0 Å². The Morgan fingerprint density at radius 3 is 2.35 bits per heavy atom. The number of fused-ring (bicyclic) bond motifs is 1.